The molecule has 74 valence electrons. The van der Waals surface area contributed by atoms with E-state index in [-0.39, 0.29) is 10.4 Å². The van der Waals surface area contributed by atoms with E-state index in [1.54, 1.807) is 6.07 Å². The average molecular weight is 235 g/mol. The fourth-order valence-corrected chi connectivity index (χ4v) is 2.11. The van der Waals surface area contributed by atoms with Gasteiger partial charge in [-0.2, -0.15) is 13.5 Å². The minimum absolute atomic E-state index is 0.0802. The lowest BCUT2D eigenvalue weighted by Crippen LogP contribution is -1.92. The van der Waals surface area contributed by atoms with E-state index in [0.29, 0.717) is 5.52 Å². The largest absolute Gasteiger partial charge is 0.349 e. The summed E-state index contributed by atoms with van der Waals surface area (Å²) in [6.07, 6.45) is 0. The first-order chi connectivity index (χ1) is 6.50. The number of rotatable bonds is 1. The first-order valence-electron chi connectivity index (χ1n) is 3.57. The second kappa shape index (κ2) is 2.93. The Balaban J connectivity index is 2.94. The second-order valence-corrected chi connectivity index (χ2v) is 4.32. The molecule has 1 heterocycles. The Bertz CT molecular complexity index is 593. The van der Waals surface area contributed by atoms with Crippen LogP contribution in [0, 0.1) is 0 Å². The monoisotopic (exact) mass is 234 g/mol. The van der Waals surface area contributed by atoms with Crippen molar-refractivity contribution in [1.29, 1.82) is 0 Å². The van der Waals surface area contributed by atoms with Gasteiger partial charge in [-0.1, -0.05) is 21.6 Å². The molecule has 14 heavy (non-hydrogen) atoms. The molecule has 0 aliphatic heterocycles. The summed E-state index contributed by atoms with van der Waals surface area (Å²) in [6.45, 7) is 0. The van der Waals surface area contributed by atoms with Crippen LogP contribution in [-0.2, 0) is 10.2 Å². The highest BCUT2D eigenvalue weighted by Gasteiger charge is 2.20. The van der Waals surface area contributed by atoms with Gasteiger partial charge < -0.3 is 0 Å². The molecule has 7 heteroatoms. The fraction of sp³-hybridized carbons (Fsp3) is 0. The van der Waals surface area contributed by atoms with Crippen LogP contribution in [0.2, 0.25) is 5.02 Å². The summed E-state index contributed by atoms with van der Waals surface area (Å²) < 4.78 is 34.0. The van der Waals surface area contributed by atoms with Crippen LogP contribution < -0.4 is 0 Å². The highest BCUT2D eigenvalue weighted by molar-refractivity contribution is 7.86. The van der Waals surface area contributed by atoms with E-state index in [2.05, 4.69) is 10.2 Å². The number of hydrogen-bond donors (Lipinski definition) is 1. The molecule has 1 aromatic heterocycles. The van der Waals surface area contributed by atoms with Crippen LogP contribution in [0.1, 0.15) is 0 Å². The number of halogens is 2. The molecule has 0 aliphatic rings. The third-order valence-electron chi connectivity index (χ3n) is 1.74. The molecule has 0 saturated heterocycles. The van der Waals surface area contributed by atoms with Crippen molar-refractivity contribution >= 4 is 32.7 Å². The average Bonchev–Trinajstić information content (AvgIpc) is 2.47. The number of fused-ring (bicyclic) bond motifs is 1. The molecule has 0 amide bonds. The number of nitrogens with one attached hydrogen (secondary N) is 1. The Morgan fingerprint density at radius 2 is 2.14 bits per heavy atom. The molecule has 1 N–H and O–H groups in total. The van der Waals surface area contributed by atoms with Crippen molar-refractivity contribution in [2.45, 2.75) is 5.03 Å². The summed E-state index contributed by atoms with van der Waals surface area (Å²) in [5, 5.41) is 5.34. The van der Waals surface area contributed by atoms with Gasteiger partial charge in [0.15, 0.2) is 5.03 Å². The van der Waals surface area contributed by atoms with Gasteiger partial charge in [0.25, 0.3) is 0 Å². The Morgan fingerprint density at radius 3 is 2.79 bits per heavy atom. The molecule has 0 bridgehead atoms. The van der Waals surface area contributed by atoms with Crippen LogP contribution in [0.3, 0.4) is 0 Å². The predicted octanol–water partition coefficient (Wildman–Crippen LogP) is 1.87. The smallest absolute Gasteiger partial charge is 0.264 e. The maximum absolute atomic E-state index is 12.7. The van der Waals surface area contributed by atoms with Gasteiger partial charge in [0.1, 0.15) is 0 Å². The van der Waals surface area contributed by atoms with Crippen LogP contribution in [0.4, 0.5) is 3.89 Å². The molecule has 4 nitrogen and oxygen atoms in total. The summed E-state index contributed by atoms with van der Waals surface area (Å²) in [5.41, 5.74) is 0.314. The van der Waals surface area contributed by atoms with Crippen molar-refractivity contribution < 1.29 is 12.3 Å². The van der Waals surface area contributed by atoms with Crippen LogP contribution in [0.15, 0.2) is 23.2 Å². The predicted molar refractivity (Wildman–Crippen MR) is 49.4 cm³/mol. The summed E-state index contributed by atoms with van der Waals surface area (Å²) >= 11 is 5.72. The summed E-state index contributed by atoms with van der Waals surface area (Å²) in [5.74, 6) is 0. The first kappa shape index (κ1) is 9.42. The van der Waals surface area contributed by atoms with Crippen LogP contribution in [0.25, 0.3) is 10.9 Å². The molecule has 1 aromatic carbocycles. The first-order valence-corrected chi connectivity index (χ1v) is 5.33. The number of benzene rings is 1. The zero-order valence-corrected chi connectivity index (χ0v) is 8.23. The third-order valence-corrected chi connectivity index (χ3v) is 2.84. The van der Waals surface area contributed by atoms with Gasteiger partial charge >= 0.3 is 10.2 Å². The second-order valence-electron chi connectivity index (χ2n) is 2.62. The fourth-order valence-electron chi connectivity index (χ4n) is 1.17. The molecular weight excluding hydrogens is 231 g/mol. The van der Waals surface area contributed by atoms with Gasteiger partial charge in [-0.15, -0.1) is 0 Å². The van der Waals surface area contributed by atoms with E-state index in [0.717, 1.165) is 0 Å². The lowest BCUT2D eigenvalue weighted by atomic mass is 10.3. The molecule has 2 aromatic rings. The third kappa shape index (κ3) is 1.36. The summed E-state index contributed by atoms with van der Waals surface area (Å²) in [7, 11) is -4.81. The minimum atomic E-state index is -4.81. The number of aromatic amines is 1. The summed E-state index contributed by atoms with van der Waals surface area (Å²) in [6, 6.07) is 4.60. The summed E-state index contributed by atoms with van der Waals surface area (Å²) in [4.78, 5) is 0. The molecule has 0 radical (unpaired) electrons. The van der Waals surface area contributed by atoms with E-state index in [1.165, 1.54) is 12.1 Å². The minimum Gasteiger partial charge on any atom is -0.264 e. The molecule has 0 atom stereocenters. The quantitative estimate of drug-likeness (QED) is 0.767. The van der Waals surface area contributed by atoms with Gasteiger partial charge in [0, 0.05) is 0 Å². The maximum atomic E-state index is 12.7. The molecule has 2 rings (SSSR count). The Morgan fingerprint density at radius 1 is 1.43 bits per heavy atom. The Kier molecular flexibility index (Phi) is 1.97. The number of H-pyrrole nitrogens is 1. The standard InChI is InChI=1S/C7H4ClFN2O2S/c8-4-2-1-3-5-6(4)7(11-10-5)14(9,12)13/h1-3H,(H,10,11). The molecule has 0 fully saturated rings. The number of aromatic nitrogens is 2. The maximum Gasteiger partial charge on any atom is 0.349 e. The zero-order chi connectivity index (χ0) is 10.3. The topological polar surface area (TPSA) is 62.8 Å². The Labute approximate surface area is 83.9 Å². The lowest BCUT2D eigenvalue weighted by Gasteiger charge is -1.93. The number of nitrogens with zero attached hydrogens (tertiary/aromatic N) is 1. The van der Waals surface area contributed by atoms with E-state index >= 15 is 0 Å². The SMILES string of the molecule is O=S(=O)(F)c1[nH]nc2cccc(Cl)c12. The van der Waals surface area contributed by atoms with E-state index in [1.807, 2.05) is 0 Å². The van der Waals surface area contributed by atoms with Crippen LogP contribution in [0.5, 0.6) is 0 Å². The van der Waals surface area contributed by atoms with Gasteiger partial charge in [0.05, 0.1) is 15.9 Å². The Hall–Kier alpha value is -1.14. The highest BCUT2D eigenvalue weighted by atomic mass is 35.5. The van der Waals surface area contributed by atoms with Crippen molar-refractivity contribution in [3.05, 3.63) is 23.2 Å². The van der Waals surface area contributed by atoms with Crippen molar-refractivity contribution in [3.8, 4) is 0 Å². The molecule has 0 spiro atoms. The van der Waals surface area contributed by atoms with Crippen LogP contribution >= 0.6 is 11.6 Å². The zero-order valence-electron chi connectivity index (χ0n) is 6.66. The van der Waals surface area contributed by atoms with Crippen LogP contribution in [-0.4, -0.2) is 18.6 Å². The van der Waals surface area contributed by atoms with Crippen molar-refractivity contribution in [3.63, 3.8) is 0 Å². The van der Waals surface area contributed by atoms with Crippen molar-refractivity contribution in [2.24, 2.45) is 0 Å². The van der Waals surface area contributed by atoms with E-state index in [4.69, 9.17) is 11.6 Å². The molecular formula is C7H4ClFN2O2S. The van der Waals surface area contributed by atoms with Crippen molar-refractivity contribution in [2.75, 3.05) is 0 Å². The lowest BCUT2D eigenvalue weighted by molar-refractivity contribution is 0.548. The molecule has 0 unspecified atom stereocenters. The normalized spacial score (nSPS) is 12.1. The van der Waals surface area contributed by atoms with Gasteiger partial charge in [-0.05, 0) is 12.1 Å². The molecule has 0 saturated carbocycles. The van der Waals surface area contributed by atoms with Gasteiger partial charge in [0.2, 0.25) is 0 Å². The van der Waals surface area contributed by atoms with E-state index in [9.17, 15) is 12.3 Å². The number of hydrogen-bond acceptors (Lipinski definition) is 3. The van der Waals surface area contributed by atoms with E-state index < -0.39 is 15.2 Å². The highest BCUT2D eigenvalue weighted by Crippen LogP contribution is 2.28. The van der Waals surface area contributed by atoms with Crippen molar-refractivity contribution in [1.82, 2.24) is 10.2 Å². The van der Waals surface area contributed by atoms with Gasteiger partial charge in [-0.3, -0.25) is 5.10 Å². The van der Waals surface area contributed by atoms with Gasteiger partial charge in [-0.25, -0.2) is 0 Å². The molecule has 0 aliphatic carbocycles.